The Morgan fingerprint density at radius 1 is 1.28 bits per heavy atom. The van der Waals surface area contributed by atoms with Crippen molar-refractivity contribution in [3.8, 4) is 5.75 Å². The van der Waals surface area contributed by atoms with Crippen molar-refractivity contribution in [1.29, 1.82) is 0 Å². The lowest BCUT2D eigenvalue weighted by Gasteiger charge is -2.14. The number of nitrogens with one attached hydrogen (secondary N) is 2. The monoisotopic (exact) mass is 420 g/mol. The van der Waals surface area contributed by atoms with Gasteiger partial charge in [-0.15, -0.1) is 0 Å². The highest BCUT2D eigenvalue weighted by atomic mass is 79.9. The number of hydrogen-bond donors (Lipinski definition) is 2. The van der Waals surface area contributed by atoms with Crippen LogP contribution in [0.1, 0.15) is 36.2 Å². The zero-order valence-electron chi connectivity index (χ0n) is 14.4. The number of thiocarbonyl (C=S) groups is 1. The Hall–Kier alpha value is -1.92. The van der Waals surface area contributed by atoms with Gasteiger partial charge in [-0.25, -0.2) is 0 Å². The van der Waals surface area contributed by atoms with E-state index in [0.717, 1.165) is 27.9 Å². The number of ether oxygens (including phenoxy) is 1. The molecule has 1 atom stereocenters. The van der Waals surface area contributed by atoms with Gasteiger partial charge in [-0.1, -0.05) is 35.0 Å². The van der Waals surface area contributed by atoms with Crippen LogP contribution < -0.4 is 15.4 Å². The highest BCUT2D eigenvalue weighted by molar-refractivity contribution is 9.10. The first-order valence-electron chi connectivity index (χ1n) is 8.04. The van der Waals surface area contributed by atoms with E-state index in [1.54, 1.807) is 12.1 Å². The number of aryl methyl sites for hydroxylation is 1. The van der Waals surface area contributed by atoms with Crippen LogP contribution >= 0.6 is 28.1 Å². The normalized spacial score (nSPS) is 11.5. The molecule has 4 nitrogen and oxygen atoms in total. The molecule has 0 aliphatic heterocycles. The molecule has 0 saturated heterocycles. The summed E-state index contributed by atoms with van der Waals surface area (Å²) < 4.78 is 6.67. The Balaban J connectivity index is 1.98. The number of carbonyl (C=O) groups is 1. The van der Waals surface area contributed by atoms with Crippen molar-refractivity contribution in [2.24, 2.45) is 0 Å². The molecule has 25 heavy (non-hydrogen) atoms. The lowest BCUT2D eigenvalue weighted by atomic mass is 10.1. The maximum atomic E-state index is 12.3. The van der Waals surface area contributed by atoms with Gasteiger partial charge in [-0.3, -0.25) is 10.1 Å². The highest BCUT2D eigenvalue weighted by Gasteiger charge is 2.10. The molecule has 132 valence electrons. The van der Waals surface area contributed by atoms with Gasteiger partial charge in [0.2, 0.25) is 0 Å². The van der Waals surface area contributed by atoms with Crippen LogP contribution in [0.15, 0.2) is 46.9 Å². The molecule has 2 rings (SSSR count). The summed E-state index contributed by atoms with van der Waals surface area (Å²) in [6, 6.07) is 12.9. The fraction of sp³-hybridized carbons (Fsp3) is 0.263. The van der Waals surface area contributed by atoms with Crippen molar-refractivity contribution >= 4 is 44.9 Å². The zero-order chi connectivity index (χ0) is 18.4. The summed E-state index contributed by atoms with van der Waals surface area (Å²) in [5.41, 5.74) is 2.36. The molecule has 0 radical (unpaired) electrons. The minimum absolute atomic E-state index is 0.141. The van der Waals surface area contributed by atoms with E-state index < -0.39 is 0 Å². The summed E-state index contributed by atoms with van der Waals surface area (Å²) in [5, 5.41) is 5.93. The van der Waals surface area contributed by atoms with Crippen LogP contribution in [-0.2, 0) is 0 Å². The van der Waals surface area contributed by atoms with E-state index in [0.29, 0.717) is 5.56 Å². The molecule has 0 aliphatic rings. The van der Waals surface area contributed by atoms with E-state index >= 15 is 0 Å². The van der Waals surface area contributed by atoms with Crippen molar-refractivity contribution in [2.45, 2.75) is 33.3 Å². The van der Waals surface area contributed by atoms with Crippen molar-refractivity contribution in [3.63, 3.8) is 0 Å². The van der Waals surface area contributed by atoms with E-state index in [-0.39, 0.29) is 17.1 Å². The minimum atomic E-state index is -0.259. The smallest absolute Gasteiger partial charge is 0.257 e. The molecule has 2 N–H and O–H groups in total. The fourth-order valence-electron chi connectivity index (χ4n) is 2.03. The van der Waals surface area contributed by atoms with Crippen molar-refractivity contribution < 1.29 is 9.53 Å². The lowest BCUT2D eigenvalue weighted by Crippen LogP contribution is -2.34. The van der Waals surface area contributed by atoms with Crippen LogP contribution in [0.25, 0.3) is 0 Å². The van der Waals surface area contributed by atoms with Gasteiger partial charge in [0.15, 0.2) is 5.11 Å². The van der Waals surface area contributed by atoms with Gasteiger partial charge < -0.3 is 10.1 Å². The maximum absolute atomic E-state index is 12.3. The second-order valence-corrected chi connectivity index (χ2v) is 7.00. The Morgan fingerprint density at radius 2 is 2.04 bits per heavy atom. The van der Waals surface area contributed by atoms with E-state index in [2.05, 4.69) is 33.5 Å². The quantitative estimate of drug-likeness (QED) is 0.663. The van der Waals surface area contributed by atoms with Crippen molar-refractivity contribution in [2.75, 3.05) is 5.32 Å². The minimum Gasteiger partial charge on any atom is -0.491 e. The molecule has 2 aromatic rings. The van der Waals surface area contributed by atoms with Crippen molar-refractivity contribution in [3.05, 3.63) is 58.1 Å². The van der Waals surface area contributed by atoms with Gasteiger partial charge in [-0.05, 0) is 62.3 Å². The number of hydrogen-bond acceptors (Lipinski definition) is 3. The maximum Gasteiger partial charge on any atom is 0.257 e. The first-order chi connectivity index (χ1) is 11.9. The summed E-state index contributed by atoms with van der Waals surface area (Å²) in [7, 11) is 0. The van der Waals surface area contributed by atoms with Crippen LogP contribution in [0.4, 0.5) is 5.69 Å². The fourth-order valence-corrected chi connectivity index (χ4v) is 2.62. The summed E-state index contributed by atoms with van der Waals surface area (Å²) in [4.78, 5) is 12.3. The van der Waals surface area contributed by atoms with Gasteiger partial charge in [0.1, 0.15) is 5.75 Å². The molecule has 0 heterocycles. The Labute approximate surface area is 162 Å². The van der Waals surface area contributed by atoms with Gasteiger partial charge in [0.05, 0.1) is 6.10 Å². The molecule has 1 amide bonds. The third kappa shape index (κ3) is 5.83. The van der Waals surface area contributed by atoms with Crippen molar-refractivity contribution in [1.82, 2.24) is 5.32 Å². The summed E-state index contributed by atoms with van der Waals surface area (Å²) in [6.45, 7) is 6.05. The molecule has 1 unspecified atom stereocenters. The van der Waals surface area contributed by atoms with Crippen LogP contribution in [0.5, 0.6) is 5.75 Å². The molecular formula is C19H21BrN2O2S. The van der Waals surface area contributed by atoms with Crippen LogP contribution in [0, 0.1) is 6.92 Å². The molecule has 6 heteroatoms. The SMILES string of the molecule is CCC(C)Oc1cccc(NC(=S)NC(=O)c2ccc(C)c(Br)c2)c1. The van der Waals surface area contributed by atoms with Gasteiger partial charge in [0, 0.05) is 21.8 Å². The van der Waals surface area contributed by atoms with Crippen LogP contribution in [0.2, 0.25) is 0 Å². The second-order valence-electron chi connectivity index (χ2n) is 5.74. The van der Waals surface area contributed by atoms with Gasteiger partial charge >= 0.3 is 0 Å². The molecule has 0 spiro atoms. The van der Waals surface area contributed by atoms with E-state index in [1.807, 2.05) is 44.2 Å². The molecule has 0 aromatic heterocycles. The van der Waals surface area contributed by atoms with Gasteiger partial charge in [0.25, 0.3) is 5.91 Å². The Morgan fingerprint density at radius 3 is 2.72 bits per heavy atom. The number of carbonyl (C=O) groups excluding carboxylic acids is 1. The Bertz CT molecular complexity index is 780. The number of halogens is 1. The molecule has 2 aromatic carbocycles. The number of anilines is 1. The highest BCUT2D eigenvalue weighted by Crippen LogP contribution is 2.20. The lowest BCUT2D eigenvalue weighted by molar-refractivity contribution is 0.0977. The average molecular weight is 421 g/mol. The third-order valence-corrected chi connectivity index (χ3v) is 4.72. The van der Waals surface area contributed by atoms with Crippen LogP contribution in [-0.4, -0.2) is 17.1 Å². The third-order valence-electron chi connectivity index (χ3n) is 3.67. The van der Waals surface area contributed by atoms with Crippen LogP contribution in [0.3, 0.4) is 0 Å². The van der Waals surface area contributed by atoms with E-state index in [1.165, 1.54) is 0 Å². The number of amides is 1. The van der Waals surface area contributed by atoms with E-state index in [9.17, 15) is 4.79 Å². The second kappa shape index (κ2) is 8.97. The molecule has 0 aliphatic carbocycles. The first kappa shape index (κ1) is 19.4. The molecule has 0 fully saturated rings. The van der Waals surface area contributed by atoms with Gasteiger partial charge in [-0.2, -0.15) is 0 Å². The summed E-state index contributed by atoms with van der Waals surface area (Å²) in [6.07, 6.45) is 1.07. The average Bonchev–Trinajstić information content (AvgIpc) is 2.57. The summed E-state index contributed by atoms with van der Waals surface area (Å²) >= 11 is 8.65. The zero-order valence-corrected chi connectivity index (χ0v) is 16.8. The Kier molecular flexibility index (Phi) is 6.96. The molecular weight excluding hydrogens is 400 g/mol. The number of rotatable bonds is 5. The standard InChI is InChI=1S/C19H21BrN2O2S/c1-4-13(3)24-16-7-5-6-15(11-16)21-19(25)22-18(23)14-9-8-12(2)17(20)10-14/h5-11,13H,4H2,1-3H3,(H2,21,22,23,25). The summed E-state index contributed by atoms with van der Waals surface area (Å²) in [5.74, 6) is 0.501. The molecule has 0 saturated carbocycles. The predicted octanol–water partition coefficient (Wildman–Crippen LogP) is 5.06. The topological polar surface area (TPSA) is 50.4 Å². The first-order valence-corrected chi connectivity index (χ1v) is 9.24. The van der Waals surface area contributed by atoms with E-state index in [4.69, 9.17) is 17.0 Å². The molecule has 0 bridgehead atoms. The number of benzene rings is 2. The largest absolute Gasteiger partial charge is 0.491 e. The predicted molar refractivity (Wildman–Crippen MR) is 109 cm³/mol.